The molecule has 2 rings (SSSR count). The zero-order chi connectivity index (χ0) is 12.1. The average molecular weight is 246 g/mol. The van der Waals surface area contributed by atoms with Gasteiger partial charge in [0, 0.05) is 6.42 Å². The van der Waals surface area contributed by atoms with Gasteiger partial charge in [-0.25, -0.2) is 0 Å². The predicted molar refractivity (Wildman–Crippen MR) is 70.0 cm³/mol. The van der Waals surface area contributed by atoms with Crippen molar-refractivity contribution in [3.05, 3.63) is 52.2 Å². The molecule has 0 aliphatic heterocycles. The topological polar surface area (TPSA) is 26.3 Å². The Kier molecular flexibility index (Phi) is 3.94. The molecule has 17 heavy (non-hydrogen) atoms. The van der Waals surface area contributed by atoms with E-state index in [1.807, 2.05) is 18.2 Å². The van der Waals surface area contributed by atoms with Crippen LogP contribution in [0.25, 0.3) is 0 Å². The number of hydrogen-bond donors (Lipinski definition) is 0. The Morgan fingerprint density at radius 2 is 2.12 bits per heavy atom. The first-order valence-corrected chi connectivity index (χ1v) is 6.45. The van der Waals surface area contributed by atoms with Gasteiger partial charge < -0.3 is 4.74 Å². The zero-order valence-electron chi connectivity index (χ0n) is 9.68. The highest BCUT2D eigenvalue weighted by Crippen LogP contribution is 2.18. The molecule has 0 aliphatic rings. The summed E-state index contributed by atoms with van der Waals surface area (Å²) in [4.78, 5) is 11.4. The van der Waals surface area contributed by atoms with Crippen molar-refractivity contribution in [2.75, 3.05) is 6.61 Å². The van der Waals surface area contributed by atoms with Gasteiger partial charge in [-0.3, -0.25) is 4.79 Å². The Bertz CT molecular complexity index is 489. The van der Waals surface area contributed by atoms with Crippen LogP contribution in [0.3, 0.4) is 0 Å². The fourth-order valence-electron chi connectivity index (χ4n) is 1.60. The van der Waals surface area contributed by atoms with E-state index in [4.69, 9.17) is 4.74 Å². The number of carbonyl (C=O) groups excluding carboxylic acids is 1. The van der Waals surface area contributed by atoms with Gasteiger partial charge in [0.2, 0.25) is 0 Å². The zero-order valence-corrected chi connectivity index (χ0v) is 10.5. The highest BCUT2D eigenvalue weighted by molar-refractivity contribution is 7.07. The van der Waals surface area contributed by atoms with E-state index in [9.17, 15) is 4.79 Å². The van der Waals surface area contributed by atoms with Crippen molar-refractivity contribution in [2.24, 2.45) is 0 Å². The molecule has 0 radical (unpaired) electrons. The number of Topliss-reactive ketones (excluding diaryl/α,β-unsaturated/α-hetero) is 1. The summed E-state index contributed by atoms with van der Waals surface area (Å²) in [6.45, 7) is 2.15. The van der Waals surface area contributed by atoms with Gasteiger partial charge in [-0.2, -0.15) is 11.3 Å². The molecule has 0 atom stereocenters. The summed E-state index contributed by atoms with van der Waals surface area (Å²) in [5.74, 6) is 0.714. The number of thiophene rings is 1. The molecule has 0 saturated heterocycles. The molecular weight excluding hydrogens is 232 g/mol. The van der Waals surface area contributed by atoms with E-state index < -0.39 is 0 Å². The molecule has 0 spiro atoms. The Morgan fingerprint density at radius 1 is 1.29 bits per heavy atom. The second-order valence-electron chi connectivity index (χ2n) is 3.78. The normalized spacial score (nSPS) is 10.2. The second kappa shape index (κ2) is 5.64. The Hall–Kier alpha value is -1.61. The minimum Gasteiger partial charge on any atom is -0.492 e. The van der Waals surface area contributed by atoms with Gasteiger partial charge in [-0.1, -0.05) is 12.1 Å². The first-order chi connectivity index (χ1) is 8.27. The SMILES string of the molecule is CC(=O)c1ccccc1OCCc1ccsc1. The van der Waals surface area contributed by atoms with Gasteiger partial charge in [-0.05, 0) is 41.4 Å². The van der Waals surface area contributed by atoms with Crippen LogP contribution in [0, 0.1) is 0 Å². The largest absolute Gasteiger partial charge is 0.492 e. The van der Waals surface area contributed by atoms with Crippen LogP contribution in [0.4, 0.5) is 0 Å². The number of benzene rings is 1. The van der Waals surface area contributed by atoms with Gasteiger partial charge in [0.15, 0.2) is 5.78 Å². The molecule has 3 heteroatoms. The highest BCUT2D eigenvalue weighted by atomic mass is 32.1. The number of carbonyl (C=O) groups is 1. The molecule has 0 saturated carbocycles. The molecule has 1 aromatic carbocycles. The first kappa shape index (κ1) is 11.9. The lowest BCUT2D eigenvalue weighted by Gasteiger charge is -2.08. The number of ether oxygens (including phenoxy) is 1. The van der Waals surface area contributed by atoms with Crippen molar-refractivity contribution >= 4 is 17.1 Å². The van der Waals surface area contributed by atoms with E-state index in [-0.39, 0.29) is 5.78 Å². The number of ketones is 1. The predicted octanol–water partition coefficient (Wildman–Crippen LogP) is 3.57. The molecule has 2 nitrogen and oxygen atoms in total. The van der Waals surface area contributed by atoms with E-state index in [0.717, 1.165) is 6.42 Å². The van der Waals surface area contributed by atoms with E-state index >= 15 is 0 Å². The fraction of sp³-hybridized carbons (Fsp3) is 0.214. The van der Waals surface area contributed by atoms with Crippen LogP contribution >= 0.6 is 11.3 Å². The average Bonchev–Trinajstić information content (AvgIpc) is 2.82. The summed E-state index contributed by atoms with van der Waals surface area (Å²) in [5, 5.41) is 4.17. The molecular formula is C14H14O2S. The van der Waals surface area contributed by atoms with Crippen molar-refractivity contribution in [3.8, 4) is 5.75 Å². The van der Waals surface area contributed by atoms with E-state index in [1.165, 1.54) is 5.56 Å². The summed E-state index contributed by atoms with van der Waals surface area (Å²) >= 11 is 1.68. The molecule has 88 valence electrons. The van der Waals surface area contributed by atoms with Crippen molar-refractivity contribution in [1.29, 1.82) is 0 Å². The third-order valence-corrected chi connectivity index (χ3v) is 3.23. The summed E-state index contributed by atoms with van der Waals surface area (Å²) < 4.78 is 5.66. The number of hydrogen-bond acceptors (Lipinski definition) is 3. The lowest BCUT2D eigenvalue weighted by atomic mass is 10.1. The highest BCUT2D eigenvalue weighted by Gasteiger charge is 2.06. The van der Waals surface area contributed by atoms with Crippen LogP contribution in [-0.2, 0) is 6.42 Å². The van der Waals surface area contributed by atoms with Crippen LogP contribution in [0.1, 0.15) is 22.8 Å². The third-order valence-electron chi connectivity index (χ3n) is 2.49. The van der Waals surface area contributed by atoms with Crippen LogP contribution < -0.4 is 4.74 Å². The molecule has 0 aliphatic carbocycles. The maximum Gasteiger partial charge on any atom is 0.163 e. The Morgan fingerprint density at radius 3 is 2.82 bits per heavy atom. The first-order valence-electron chi connectivity index (χ1n) is 5.51. The van der Waals surface area contributed by atoms with Gasteiger partial charge in [0.25, 0.3) is 0 Å². The van der Waals surface area contributed by atoms with Crippen LogP contribution in [0.2, 0.25) is 0 Å². The quantitative estimate of drug-likeness (QED) is 0.754. The molecule has 0 N–H and O–H groups in total. The second-order valence-corrected chi connectivity index (χ2v) is 4.56. The van der Waals surface area contributed by atoms with Crippen molar-refractivity contribution < 1.29 is 9.53 Å². The molecule has 0 fully saturated rings. The van der Waals surface area contributed by atoms with Gasteiger partial charge in [0.1, 0.15) is 5.75 Å². The van der Waals surface area contributed by atoms with Crippen molar-refractivity contribution in [3.63, 3.8) is 0 Å². The summed E-state index contributed by atoms with van der Waals surface area (Å²) in [7, 11) is 0. The Balaban J connectivity index is 1.97. The molecule has 0 unspecified atom stereocenters. The lowest BCUT2D eigenvalue weighted by molar-refractivity contribution is 0.101. The van der Waals surface area contributed by atoms with E-state index in [1.54, 1.807) is 24.3 Å². The van der Waals surface area contributed by atoms with Crippen LogP contribution in [-0.4, -0.2) is 12.4 Å². The van der Waals surface area contributed by atoms with Crippen molar-refractivity contribution in [2.45, 2.75) is 13.3 Å². The van der Waals surface area contributed by atoms with Crippen LogP contribution in [0.15, 0.2) is 41.1 Å². The maximum atomic E-state index is 11.4. The van der Waals surface area contributed by atoms with Gasteiger partial charge in [-0.15, -0.1) is 0 Å². The minimum atomic E-state index is 0.0381. The molecule has 0 bridgehead atoms. The summed E-state index contributed by atoms with van der Waals surface area (Å²) in [6.07, 6.45) is 0.871. The summed E-state index contributed by atoms with van der Waals surface area (Å²) in [6, 6.07) is 9.45. The molecule has 1 heterocycles. The van der Waals surface area contributed by atoms with E-state index in [2.05, 4.69) is 16.8 Å². The molecule has 1 aromatic heterocycles. The number of rotatable bonds is 5. The fourth-order valence-corrected chi connectivity index (χ4v) is 2.30. The minimum absolute atomic E-state index is 0.0381. The van der Waals surface area contributed by atoms with E-state index in [0.29, 0.717) is 17.9 Å². The number of para-hydroxylation sites is 1. The molecule has 0 amide bonds. The third kappa shape index (κ3) is 3.17. The monoisotopic (exact) mass is 246 g/mol. The lowest BCUT2D eigenvalue weighted by Crippen LogP contribution is -2.04. The Labute approximate surface area is 105 Å². The van der Waals surface area contributed by atoms with Crippen molar-refractivity contribution in [1.82, 2.24) is 0 Å². The standard InChI is InChI=1S/C14H14O2S/c1-11(15)13-4-2-3-5-14(13)16-8-6-12-7-9-17-10-12/h2-5,7,9-10H,6,8H2,1H3. The van der Waals surface area contributed by atoms with Crippen LogP contribution in [0.5, 0.6) is 5.75 Å². The molecule has 2 aromatic rings. The smallest absolute Gasteiger partial charge is 0.163 e. The maximum absolute atomic E-state index is 11.4. The van der Waals surface area contributed by atoms with Gasteiger partial charge >= 0.3 is 0 Å². The summed E-state index contributed by atoms with van der Waals surface area (Å²) in [5.41, 5.74) is 1.92. The van der Waals surface area contributed by atoms with Gasteiger partial charge in [0.05, 0.1) is 12.2 Å².